The average molecular weight is 297 g/mol. The predicted octanol–water partition coefficient (Wildman–Crippen LogP) is 2.36. The second kappa shape index (κ2) is 5.52. The largest absolute Gasteiger partial charge is 0.396 e. The average Bonchev–Trinajstić information content (AvgIpc) is 2.70. The molecular weight excluding hydrogens is 280 g/mol. The monoisotopic (exact) mass is 297 g/mol. The zero-order valence-corrected chi connectivity index (χ0v) is 11.9. The van der Waals surface area contributed by atoms with E-state index in [2.05, 4.69) is 0 Å². The van der Waals surface area contributed by atoms with Crippen LogP contribution in [0.25, 0.3) is 0 Å². The van der Waals surface area contributed by atoms with Gasteiger partial charge in [0.25, 0.3) is 11.8 Å². The Morgan fingerprint density at radius 1 is 1.05 bits per heavy atom. The van der Waals surface area contributed by atoms with Crippen LogP contribution in [-0.4, -0.2) is 35.0 Å². The van der Waals surface area contributed by atoms with Crippen LogP contribution in [0.15, 0.2) is 12.1 Å². The van der Waals surface area contributed by atoms with Crippen LogP contribution >= 0.6 is 0 Å². The van der Waals surface area contributed by atoms with Gasteiger partial charge in [-0.3, -0.25) is 14.5 Å². The van der Waals surface area contributed by atoms with Crippen LogP contribution in [0.3, 0.4) is 0 Å². The molecule has 0 atom stereocenters. The summed E-state index contributed by atoms with van der Waals surface area (Å²) in [5, 5.41) is 9.55. The quantitative estimate of drug-likeness (QED) is 0.849. The van der Waals surface area contributed by atoms with E-state index in [0.717, 1.165) is 17.0 Å². The topological polar surface area (TPSA) is 57.6 Å². The Morgan fingerprint density at radius 3 is 1.81 bits per heavy atom. The van der Waals surface area contributed by atoms with Crippen molar-refractivity contribution >= 4 is 11.8 Å². The fourth-order valence-electron chi connectivity index (χ4n) is 2.51. The van der Waals surface area contributed by atoms with Crippen LogP contribution in [0.5, 0.6) is 0 Å². The fourth-order valence-corrected chi connectivity index (χ4v) is 2.51. The normalized spacial score (nSPS) is 14.8. The Hall–Kier alpha value is -1.82. The van der Waals surface area contributed by atoms with E-state index < -0.39 is 28.9 Å². The number of carbonyl (C=O) groups is 2. The first kappa shape index (κ1) is 15.6. The number of carbonyl (C=O) groups excluding carboxylic acids is 2. The summed E-state index contributed by atoms with van der Waals surface area (Å²) >= 11 is 0. The van der Waals surface area contributed by atoms with E-state index >= 15 is 0 Å². The number of benzene rings is 1. The molecular formula is C15H17F2NO3. The minimum atomic E-state index is -1.16. The van der Waals surface area contributed by atoms with Gasteiger partial charge in [-0.1, -0.05) is 13.8 Å². The Bertz CT molecular complexity index is 548. The minimum absolute atomic E-state index is 0.0338. The van der Waals surface area contributed by atoms with E-state index in [-0.39, 0.29) is 24.3 Å². The van der Waals surface area contributed by atoms with E-state index in [0.29, 0.717) is 12.8 Å². The molecule has 1 aromatic carbocycles. The predicted molar refractivity (Wildman–Crippen MR) is 71.8 cm³/mol. The standard InChI is InChI=1S/C15H17F2NO3/c1-3-15(4-2,8-19)7-18-13(20)9-5-11(16)12(17)6-10(9)14(18)21/h5-6,19H,3-4,7-8H2,1-2H3. The summed E-state index contributed by atoms with van der Waals surface area (Å²) in [6, 6.07) is 1.51. The number of hydrogen-bond donors (Lipinski definition) is 1. The summed E-state index contributed by atoms with van der Waals surface area (Å²) in [6.45, 7) is 3.58. The molecule has 0 aliphatic carbocycles. The van der Waals surface area contributed by atoms with Crippen molar-refractivity contribution < 1.29 is 23.5 Å². The smallest absolute Gasteiger partial charge is 0.261 e. The maximum Gasteiger partial charge on any atom is 0.261 e. The number of amides is 2. The van der Waals surface area contributed by atoms with Gasteiger partial charge in [0, 0.05) is 12.0 Å². The third-order valence-electron chi connectivity index (χ3n) is 4.34. The number of hydrogen-bond acceptors (Lipinski definition) is 3. The number of aliphatic hydroxyl groups excluding tert-OH is 1. The summed E-state index contributed by atoms with van der Waals surface area (Å²) in [4.78, 5) is 25.4. The molecule has 2 rings (SSSR count). The van der Waals surface area contributed by atoms with Gasteiger partial charge in [0.05, 0.1) is 17.7 Å². The number of fused-ring (bicyclic) bond motifs is 1. The van der Waals surface area contributed by atoms with Crippen molar-refractivity contribution in [3.05, 3.63) is 34.9 Å². The van der Waals surface area contributed by atoms with Gasteiger partial charge in [-0.05, 0) is 25.0 Å². The van der Waals surface area contributed by atoms with Crippen molar-refractivity contribution in [2.24, 2.45) is 5.41 Å². The van der Waals surface area contributed by atoms with Gasteiger partial charge < -0.3 is 5.11 Å². The number of rotatable bonds is 5. The lowest BCUT2D eigenvalue weighted by Crippen LogP contribution is -2.42. The lowest BCUT2D eigenvalue weighted by molar-refractivity contribution is 0.0438. The first-order valence-corrected chi connectivity index (χ1v) is 6.85. The molecule has 0 saturated carbocycles. The molecule has 0 radical (unpaired) electrons. The zero-order valence-electron chi connectivity index (χ0n) is 11.9. The summed E-state index contributed by atoms with van der Waals surface area (Å²) in [6.07, 6.45) is 1.16. The number of imide groups is 1. The number of nitrogens with zero attached hydrogens (tertiary/aromatic N) is 1. The lowest BCUT2D eigenvalue weighted by atomic mass is 9.82. The second-order valence-corrected chi connectivity index (χ2v) is 5.37. The van der Waals surface area contributed by atoms with Gasteiger partial charge >= 0.3 is 0 Å². The van der Waals surface area contributed by atoms with E-state index in [1.807, 2.05) is 13.8 Å². The molecule has 4 nitrogen and oxygen atoms in total. The van der Waals surface area contributed by atoms with Gasteiger partial charge in [-0.2, -0.15) is 0 Å². The molecule has 0 aromatic heterocycles. The van der Waals surface area contributed by atoms with Gasteiger partial charge in [0.1, 0.15) is 0 Å². The first-order valence-electron chi connectivity index (χ1n) is 6.85. The van der Waals surface area contributed by atoms with Crippen LogP contribution in [-0.2, 0) is 0 Å². The van der Waals surface area contributed by atoms with Crippen LogP contribution in [0.4, 0.5) is 8.78 Å². The fraction of sp³-hybridized carbons (Fsp3) is 0.467. The highest BCUT2D eigenvalue weighted by Crippen LogP contribution is 2.32. The highest BCUT2D eigenvalue weighted by molar-refractivity contribution is 6.21. The lowest BCUT2D eigenvalue weighted by Gasteiger charge is -2.32. The van der Waals surface area contributed by atoms with Crippen molar-refractivity contribution in [2.75, 3.05) is 13.2 Å². The Morgan fingerprint density at radius 2 is 1.48 bits per heavy atom. The number of halogens is 2. The molecule has 1 aliphatic heterocycles. The first-order chi connectivity index (χ1) is 9.89. The van der Waals surface area contributed by atoms with Crippen LogP contribution in [0, 0.1) is 17.0 Å². The highest BCUT2D eigenvalue weighted by atomic mass is 19.2. The van der Waals surface area contributed by atoms with Gasteiger partial charge in [0.2, 0.25) is 0 Å². The van der Waals surface area contributed by atoms with Crippen LogP contribution in [0.1, 0.15) is 47.4 Å². The van der Waals surface area contributed by atoms with E-state index in [1.54, 1.807) is 0 Å². The molecule has 114 valence electrons. The molecule has 6 heteroatoms. The second-order valence-electron chi connectivity index (χ2n) is 5.37. The van der Waals surface area contributed by atoms with E-state index in [9.17, 15) is 23.5 Å². The number of aliphatic hydroxyl groups is 1. The molecule has 0 fully saturated rings. The third kappa shape index (κ3) is 2.44. The Balaban J connectivity index is 2.38. The van der Waals surface area contributed by atoms with E-state index in [1.165, 1.54) is 0 Å². The summed E-state index contributed by atoms with van der Waals surface area (Å²) < 4.78 is 26.5. The molecule has 0 spiro atoms. The van der Waals surface area contributed by atoms with Crippen molar-refractivity contribution in [3.8, 4) is 0 Å². The SMILES string of the molecule is CCC(CC)(CO)CN1C(=O)c2cc(F)c(F)cc2C1=O. The Labute approximate surface area is 121 Å². The molecule has 0 unspecified atom stereocenters. The van der Waals surface area contributed by atoms with Crippen molar-refractivity contribution in [2.45, 2.75) is 26.7 Å². The van der Waals surface area contributed by atoms with Gasteiger partial charge in [-0.15, -0.1) is 0 Å². The van der Waals surface area contributed by atoms with Gasteiger partial charge in [0.15, 0.2) is 11.6 Å². The maximum atomic E-state index is 13.2. The molecule has 21 heavy (non-hydrogen) atoms. The maximum absolute atomic E-state index is 13.2. The van der Waals surface area contributed by atoms with Gasteiger partial charge in [-0.25, -0.2) is 8.78 Å². The Kier molecular flexibility index (Phi) is 4.09. The minimum Gasteiger partial charge on any atom is -0.396 e. The van der Waals surface area contributed by atoms with Crippen molar-refractivity contribution in [3.63, 3.8) is 0 Å². The highest BCUT2D eigenvalue weighted by Gasteiger charge is 2.41. The molecule has 1 aliphatic rings. The summed E-state index contributed by atoms with van der Waals surface area (Å²) in [5.74, 6) is -3.60. The molecule has 1 N–H and O–H groups in total. The van der Waals surface area contributed by atoms with Crippen molar-refractivity contribution in [1.29, 1.82) is 0 Å². The summed E-state index contributed by atoms with van der Waals surface area (Å²) in [7, 11) is 0. The molecule has 2 amide bonds. The zero-order chi connectivity index (χ0) is 15.8. The van der Waals surface area contributed by atoms with E-state index in [4.69, 9.17) is 0 Å². The third-order valence-corrected chi connectivity index (χ3v) is 4.34. The summed E-state index contributed by atoms with van der Waals surface area (Å²) in [5.41, 5.74) is -0.847. The molecule has 0 saturated heterocycles. The van der Waals surface area contributed by atoms with Crippen LogP contribution < -0.4 is 0 Å². The molecule has 1 aromatic rings. The van der Waals surface area contributed by atoms with Crippen molar-refractivity contribution in [1.82, 2.24) is 4.90 Å². The molecule has 1 heterocycles. The van der Waals surface area contributed by atoms with Crippen LogP contribution in [0.2, 0.25) is 0 Å². The molecule has 0 bridgehead atoms.